The van der Waals surface area contributed by atoms with Crippen molar-refractivity contribution in [2.45, 2.75) is 85.0 Å². The van der Waals surface area contributed by atoms with Crippen molar-refractivity contribution < 1.29 is 20.1 Å². The van der Waals surface area contributed by atoms with E-state index in [2.05, 4.69) is 13.8 Å². The average molecular weight is 304 g/mol. The maximum atomic E-state index is 10.0. The van der Waals surface area contributed by atoms with Gasteiger partial charge in [0.15, 0.2) is 0 Å². The Hall–Kier alpha value is -0.610. The van der Waals surface area contributed by atoms with Crippen LogP contribution in [0.3, 0.4) is 0 Å². The first-order valence-corrected chi connectivity index (χ1v) is 8.45. The van der Waals surface area contributed by atoms with Crippen molar-refractivity contribution >= 4 is 5.97 Å². The molecule has 0 aromatic rings. The minimum Gasteiger partial charge on any atom is -0.481 e. The van der Waals surface area contributed by atoms with Gasteiger partial charge in [0.05, 0.1) is 13.2 Å². The molecule has 0 spiro atoms. The third-order valence-corrected chi connectivity index (χ3v) is 3.98. The number of carboxylic acid groups (broad SMARTS) is 1. The van der Waals surface area contributed by atoms with Crippen molar-refractivity contribution in [2.75, 3.05) is 13.2 Å². The Bertz CT molecular complexity index is 217. The van der Waals surface area contributed by atoms with Crippen LogP contribution in [0.4, 0.5) is 0 Å². The lowest BCUT2D eigenvalue weighted by atomic mass is 9.82. The van der Waals surface area contributed by atoms with Crippen molar-refractivity contribution in [1.29, 1.82) is 0 Å². The molecule has 0 aliphatic carbocycles. The van der Waals surface area contributed by atoms with Crippen LogP contribution in [0.5, 0.6) is 0 Å². The van der Waals surface area contributed by atoms with Crippen LogP contribution in [-0.2, 0) is 4.79 Å². The molecule has 3 N–H and O–H groups in total. The van der Waals surface area contributed by atoms with E-state index in [1.807, 2.05) is 6.92 Å². The zero-order chi connectivity index (χ0) is 16.6. The zero-order valence-corrected chi connectivity index (χ0v) is 14.2. The minimum absolute atomic E-state index is 0.111. The Morgan fingerprint density at radius 3 is 1.76 bits per heavy atom. The normalized spacial score (nSPS) is 10.9. The van der Waals surface area contributed by atoms with Gasteiger partial charge in [-0.15, -0.1) is 0 Å². The molecule has 0 aromatic carbocycles. The zero-order valence-electron chi connectivity index (χ0n) is 14.2. The fourth-order valence-corrected chi connectivity index (χ4v) is 2.04. The van der Waals surface area contributed by atoms with Gasteiger partial charge in [0.1, 0.15) is 0 Å². The summed E-state index contributed by atoms with van der Waals surface area (Å²) in [5, 5.41) is 26.4. The van der Waals surface area contributed by atoms with Gasteiger partial charge in [0.25, 0.3) is 0 Å². The molecule has 0 radical (unpaired) electrons. The van der Waals surface area contributed by atoms with E-state index in [0.717, 1.165) is 38.5 Å². The molecule has 0 saturated heterocycles. The molecule has 0 bridgehead atoms. The number of hydrogen-bond acceptors (Lipinski definition) is 3. The van der Waals surface area contributed by atoms with E-state index in [1.165, 1.54) is 19.3 Å². The van der Waals surface area contributed by atoms with Gasteiger partial charge in [0, 0.05) is 11.8 Å². The summed E-state index contributed by atoms with van der Waals surface area (Å²) in [6, 6.07) is 0. The smallest absolute Gasteiger partial charge is 0.303 e. The Labute approximate surface area is 130 Å². The van der Waals surface area contributed by atoms with E-state index in [0.29, 0.717) is 6.42 Å². The van der Waals surface area contributed by atoms with Crippen LogP contribution in [0.25, 0.3) is 0 Å². The van der Waals surface area contributed by atoms with Gasteiger partial charge >= 0.3 is 5.97 Å². The summed E-state index contributed by atoms with van der Waals surface area (Å²) in [6.45, 7) is 6.51. The topological polar surface area (TPSA) is 77.8 Å². The predicted octanol–water partition coefficient (Wildman–Crippen LogP) is 3.99. The van der Waals surface area contributed by atoms with Gasteiger partial charge in [-0.05, 0) is 19.3 Å². The maximum absolute atomic E-state index is 10.0. The molecule has 0 fully saturated rings. The van der Waals surface area contributed by atoms with Gasteiger partial charge in [-0.1, -0.05) is 59.3 Å². The molecule has 0 atom stereocenters. The SMILES string of the molecule is CCCCC(CC)(CO)CO.CCCCCCCC(=O)O. The Kier molecular flexibility index (Phi) is 17.0. The fourth-order valence-electron chi connectivity index (χ4n) is 2.04. The Morgan fingerprint density at radius 1 is 0.857 bits per heavy atom. The molecule has 0 amide bonds. The molecule has 4 nitrogen and oxygen atoms in total. The van der Waals surface area contributed by atoms with Gasteiger partial charge in [-0.3, -0.25) is 4.79 Å². The van der Waals surface area contributed by atoms with Crippen molar-refractivity contribution in [2.24, 2.45) is 5.41 Å². The summed E-state index contributed by atoms with van der Waals surface area (Å²) in [4.78, 5) is 10.0. The van der Waals surface area contributed by atoms with E-state index in [4.69, 9.17) is 15.3 Å². The highest BCUT2D eigenvalue weighted by Crippen LogP contribution is 2.27. The van der Waals surface area contributed by atoms with Crippen molar-refractivity contribution in [1.82, 2.24) is 0 Å². The van der Waals surface area contributed by atoms with E-state index in [9.17, 15) is 4.79 Å². The standard InChI is InChI=1S/C9H20O2.C8H16O2/c1-3-5-6-9(4-2,7-10)8-11;1-2-3-4-5-6-7-8(9)10/h10-11H,3-8H2,1-2H3;2-7H2,1H3,(H,9,10). The third-order valence-electron chi connectivity index (χ3n) is 3.98. The van der Waals surface area contributed by atoms with E-state index >= 15 is 0 Å². The number of carboxylic acids is 1. The summed E-state index contributed by atoms with van der Waals surface area (Å²) < 4.78 is 0. The molecular weight excluding hydrogens is 268 g/mol. The van der Waals surface area contributed by atoms with E-state index < -0.39 is 5.97 Å². The highest BCUT2D eigenvalue weighted by atomic mass is 16.4. The van der Waals surface area contributed by atoms with Crippen LogP contribution in [-0.4, -0.2) is 34.5 Å². The van der Waals surface area contributed by atoms with Crippen LogP contribution in [0.2, 0.25) is 0 Å². The highest BCUT2D eigenvalue weighted by molar-refractivity contribution is 5.66. The molecule has 0 heterocycles. The van der Waals surface area contributed by atoms with Crippen molar-refractivity contribution in [3.05, 3.63) is 0 Å². The van der Waals surface area contributed by atoms with Crippen LogP contribution in [0.1, 0.15) is 85.0 Å². The molecular formula is C17H36O4. The quantitative estimate of drug-likeness (QED) is 0.476. The molecule has 0 rings (SSSR count). The van der Waals surface area contributed by atoms with Gasteiger partial charge in [0.2, 0.25) is 0 Å². The second-order valence-electron chi connectivity index (χ2n) is 5.83. The first-order chi connectivity index (χ1) is 10.0. The third kappa shape index (κ3) is 14.1. The Morgan fingerprint density at radius 2 is 1.38 bits per heavy atom. The lowest BCUT2D eigenvalue weighted by molar-refractivity contribution is -0.137. The van der Waals surface area contributed by atoms with Crippen LogP contribution < -0.4 is 0 Å². The number of hydrogen-bond donors (Lipinski definition) is 3. The van der Waals surface area contributed by atoms with Crippen LogP contribution >= 0.6 is 0 Å². The monoisotopic (exact) mass is 304 g/mol. The highest BCUT2D eigenvalue weighted by Gasteiger charge is 2.25. The lowest BCUT2D eigenvalue weighted by Gasteiger charge is -2.27. The molecule has 21 heavy (non-hydrogen) atoms. The minimum atomic E-state index is -0.670. The second-order valence-corrected chi connectivity index (χ2v) is 5.83. The Balaban J connectivity index is 0. The lowest BCUT2D eigenvalue weighted by Crippen LogP contribution is -2.28. The van der Waals surface area contributed by atoms with E-state index in [1.54, 1.807) is 0 Å². The van der Waals surface area contributed by atoms with Crippen LogP contribution in [0, 0.1) is 5.41 Å². The molecule has 128 valence electrons. The first-order valence-electron chi connectivity index (χ1n) is 8.45. The number of unbranched alkanes of at least 4 members (excludes halogenated alkanes) is 5. The largest absolute Gasteiger partial charge is 0.481 e. The number of aliphatic carboxylic acids is 1. The van der Waals surface area contributed by atoms with E-state index in [-0.39, 0.29) is 18.6 Å². The summed E-state index contributed by atoms with van der Waals surface area (Å²) in [5.74, 6) is -0.670. The van der Waals surface area contributed by atoms with Gasteiger partial charge < -0.3 is 15.3 Å². The summed E-state index contributed by atoms with van der Waals surface area (Å²) in [7, 11) is 0. The molecule has 0 saturated carbocycles. The first kappa shape index (κ1) is 22.7. The number of carbonyl (C=O) groups is 1. The van der Waals surface area contributed by atoms with Crippen molar-refractivity contribution in [3.8, 4) is 0 Å². The molecule has 0 aromatic heterocycles. The fraction of sp³-hybridized carbons (Fsp3) is 0.941. The predicted molar refractivity (Wildman–Crippen MR) is 87.4 cm³/mol. The van der Waals surface area contributed by atoms with Crippen molar-refractivity contribution in [3.63, 3.8) is 0 Å². The summed E-state index contributed by atoms with van der Waals surface area (Å²) in [6.07, 6.45) is 9.90. The summed E-state index contributed by atoms with van der Waals surface area (Å²) in [5.41, 5.74) is -0.212. The average Bonchev–Trinajstić information content (AvgIpc) is 2.49. The molecule has 0 aliphatic rings. The molecule has 0 aliphatic heterocycles. The summed E-state index contributed by atoms with van der Waals surface area (Å²) >= 11 is 0. The molecule has 0 unspecified atom stereocenters. The number of aliphatic hydroxyl groups is 2. The number of aliphatic hydroxyl groups excluding tert-OH is 2. The van der Waals surface area contributed by atoms with Gasteiger partial charge in [-0.25, -0.2) is 0 Å². The van der Waals surface area contributed by atoms with Gasteiger partial charge in [-0.2, -0.15) is 0 Å². The van der Waals surface area contributed by atoms with Crippen LogP contribution in [0.15, 0.2) is 0 Å². The number of rotatable bonds is 12. The maximum Gasteiger partial charge on any atom is 0.303 e. The molecule has 4 heteroatoms. The second kappa shape index (κ2) is 15.8.